The zero-order valence-corrected chi connectivity index (χ0v) is 13.7. The van der Waals surface area contributed by atoms with Crippen molar-refractivity contribution in [3.05, 3.63) is 56.3 Å². The Morgan fingerprint density at radius 3 is 2.61 bits per heavy atom. The average molecular weight is 326 g/mol. The first-order valence-corrected chi connectivity index (χ1v) is 8.96. The van der Waals surface area contributed by atoms with Crippen LogP contribution in [0.25, 0.3) is 0 Å². The fourth-order valence-corrected chi connectivity index (χ4v) is 4.61. The summed E-state index contributed by atoms with van der Waals surface area (Å²) in [7, 11) is 0. The highest BCUT2D eigenvalue weighted by Gasteiger charge is 2.20. The minimum atomic E-state index is -0.376. The third-order valence-corrected chi connectivity index (χ3v) is 5.92. The predicted octanol–water partition coefficient (Wildman–Crippen LogP) is 3.77. The van der Waals surface area contributed by atoms with Crippen LogP contribution in [0, 0.1) is 0 Å². The number of hydrogen-bond donors (Lipinski definition) is 0. The van der Waals surface area contributed by atoms with Crippen molar-refractivity contribution in [3.63, 3.8) is 0 Å². The molecule has 2 aliphatic rings. The molecule has 118 valence electrons. The number of Topliss-reactive ketones (excluding diaryl/α,β-unsaturated/α-hetero) is 1. The standard InChI is InChI=1S/C19H18O3S/c20-16(14-8-7-12-3-1-4-13(12)9-14)11-22-19(21)18-10-15-5-2-6-17(15)23-18/h7-10H,1-6,11H2. The number of benzene rings is 1. The van der Waals surface area contributed by atoms with Gasteiger partial charge in [0.25, 0.3) is 0 Å². The number of rotatable bonds is 4. The Balaban J connectivity index is 1.40. The van der Waals surface area contributed by atoms with Gasteiger partial charge in [-0.25, -0.2) is 4.79 Å². The molecule has 1 heterocycles. The van der Waals surface area contributed by atoms with Crippen molar-refractivity contribution in [3.8, 4) is 0 Å². The summed E-state index contributed by atoms with van der Waals surface area (Å²) in [6, 6.07) is 7.76. The summed E-state index contributed by atoms with van der Waals surface area (Å²) >= 11 is 1.51. The third-order valence-electron chi connectivity index (χ3n) is 4.70. The summed E-state index contributed by atoms with van der Waals surface area (Å²) in [5.74, 6) is -0.504. The van der Waals surface area contributed by atoms with E-state index < -0.39 is 0 Å². The average Bonchev–Trinajstić information content (AvgIpc) is 3.25. The van der Waals surface area contributed by atoms with Crippen LogP contribution in [-0.4, -0.2) is 18.4 Å². The fraction of sp³-hybridized carbons (Fsp3) is 0.368. The first-order chi connectivity index (χ1) is 11.2. The van der Waals surface area contributed by atoms with Crippen molar-refractivity contribution in [2.45, 2.75) is 38.5 Å². The van der Waals surface area contributed by atoms with Gasteiger partial charge in [-0.2, -0.15) is 0 Å². The van der Waals surface area contributed by atoms with Crippen LogP contribution < -0.4 is 0 Å². The molecule has 0 N–H and O–H groups in total. The van der Waals surface area contributed by atoms with E-state index >= 15 is 0 Å². The molecule has 2 aliphatic carbocycles. The molecule has 0 aliphatic heterocycles. The molecule has 0 amide bonds. The Hall–Kier alpha value is -1.94. The molecule has 0 unspecified atom stereocenters. The number of carbonyl (C=O) groups excluding carboxylic acids is 2. The van der Waals surface area contributed by atoms with E-state index in [-0.39, 0.29) is 18.4 Å². The molecule has 1 aromatic heterocycles. The van der Waals surface area contributed by atoms with Crippen LogP contribution in [0.1, 0.15) is 54.4 Å². The van der Waals surface area contributed by atoms with Gasteiger partial charge in [0.1, 0.15) is 4.88 Å². The van der Waals surface area contributed by atoms with Crippen LogP contribution in [0.2, 0.25) is 0 Å². The number of fused-ring (bicyclic) bond motifs is 2. The smallest absolute Gasteiger partial charge is 0.348 e. The minimum absolute atomic E-state index is 0.128. The molecule has 4 heteroatoms. The van der Waals surface area contributed by atoms with Gasteiger partial charge in [0.05, 0.1) is 0 Å². The minimum Gasteiger partial charge on any atom is -0.453 e. The molecule has 0 atom stereocenters. The fourth-order valence-electron chi connectivity index (χ4n) is 3.46. The maximum atomic E-state index is 12.2. The van der Waals surface area contributed by atoms with Crippen molar-refractivity contribution in [2.75, 3.05) is 6.61 Å². The van der Waals surface area contributed by atoms with Crippen LogP contribution >= 0.6 is 11.3 Å². The van der Waals surface area contributed by atoms with Gasteiger partial charge in [0, 0.05) is 10.4 Å². The second-order valence-electron chi connectivity index (χ2n) is 6.25. The highest BCUT2D eigenvalue weighted by atomic mass is 32.1. The second-order valence-corrected chi connectivity index (χ2v) is 7.39. The maximum Gasteiger partial charge on any atom is 0.348 e. The molecule has 0 fully saturated rings. The second kappa shape index (κ2) is 5.93. The first kappa shape index (κ1) is 14.6. The van der Waals surface area contributed by atoms with Gasteiger partial charge in [-0.3, -0.25) is 4.79 Å². The predicted molar refractivity (Wildman–Crippen MR) is 89.4 cm³/mol. The molecule has 3 nitrogen and oxygen atoms in total. The lowest BCUT2D eigenvalue weighted by Gasteiger charge is -2.05. The Morgan fingerprint density at radius 2 is 1.74 bits per heavy atom. The number of hydrogen-bond acceptors (Lipinski definition) is 4. The van der Waals surface area contributed by atoms with Crippen LogP contribution in [-0.2, 0) is 30.4 Å². The van der Waals surface area contributed by atoms with Crippen molar-refractivity contribution < 1.29 is 14.3 Å². The Morgan fingerprint density at radius 1 is 0.957 bits per heavy atom. The molecular formula is C19H18O3S. The third kappa shape index (κ3) is 2.83. The zero-order chi connectivity index (χ0) is 15.8. The summed E-state index contributed by atoms with van der Waals surface area (Å²) < 4.78 is 5.22. The van der Waals surface area contributed by atoms with E-state index in [9.17, 15) is 9.59 Å². The molecule has 4 rings (SSSR count). The Labute approximate surface area is 139 Å². The van der Waals surface area contributed by atoms with E-state index in [1.165, 1.54) is 39.3 Å². The van der Waals surface area contributed by atoms with E-state index in [4.69, 9.17) is 4.74 Å². The lowest BCUT2D eigenvalue weighted by Crippen LogP contribution is -2.13. The molecule has 0 radical (unpaired) electrons. The van der Waals surface area contributed by atoms with Crippen LogP contribution in [0.5, 0.6) is 0 Å². The lowest BCUT2D eigenvalue weighted by atomic mass is 10.0. The summed E-state index contributed by atoms with van der Waals surface area (Å²) in [6.07, 6.45) is 6.58. The lowest BCUT2D eigenvalue weighted by molar-refractivity contribution is 0.0479. The van der Waals surface area contributed by atoms with E-state index in [0.717, 1.165) is 32.1 Å². The van der Waals surface area contributed by atoms with Gasteiger partial charge >= 0.3 is 5.97 Å². The topological polar surface area (TPSA) is 43.4 Å². The Bertz CT molecular complexity index is 766. The Kier molecular flexibility index (Phi) is 3.77. The number of aryl methyl sites for hydroxylation is 4. The van der Waals surface area contributed by atoms with E-state index in [0.29, 0.717) is 10.4 Å². The normalized spacial score (nSPS) is 15.3. The van der Waals surface area contributed by atoms with Gasteiger partial charge in [-0.05, 0) is 67.3 Å². The van der Waals surface area contributed by atoms with E-state index in [1.807, 2.05) is 24.3 Å². The van der Waals surface area contributed by atoms with Gasteiger partial charge in [0.2, 0.25) is 0 Å². The molecular weight excluding hydrogens is 308 g/mol. The summed E-state index contributed by atoms with van der Waals surface area (Å²) in [4.78, 5) is 26.3. The quantitative estimate of drug-likeness (QED) is 0.634. The monoisotopic (exact) mass is 326 g/mol. The summed E-state index contributed by atoms with van der Waals surface area (Å²) in [6.45, 7) is -0.180. The van der Waals surface area contributed by atoms with Crippen molar-refractivity contribution in [2.24, 2.45) is 0 Å². The van der Waals surface area contributed by atoms with Crippen molar-refractivity contribution in [1.29, 1.82) is 0 Å². The largest absolute Gasteiger partial charge is 0.453 e. The molecule has 0 saturated carbocycles. The SMILES string of the molecule is O=C(COC(=O)c1cc2c(s1)CCC2)c1ccc2c(c1)CCC2. The molecule has 1 aromatic carbocycles. The van der Waals surface area contributed by atoms with Crippen molar-refractivity contribution >= 4 is 23.1 Å². The summed E-state index contributed by atoms with van der Waals surface area (Å²) in [5.41, 5.74) is 4.52. The molecule has 23 heavy (non-hydrogen) atoms. The number of esters is 1. The molecule has 0 saturated heterocycles. The van der Waals surface area contributed by atoms with E-state index in [1.54, 1.807) is 0 Å². The number of carbonyl (C=O) groups is 2. The van der Waals surface area contributed by atoms with Gasteiger partial charge < -0.3 is 4.74 Å². The van der Waals surface area contributed by atoms with Gasteiger partial charge in [-0.15, -0.1) is 11.3 Å². The molecule has 2 aromatic rings. The zero-order valence-electron chi connectivity index (χ0n) is 12.9. The maximum absolute atomic E-state index is 12.2. The van der Waals surface area contributed by atoms with Crippen LogP contribution in [0.3, 0.4) is 0 Å². The molecule has 0 bridgehead atoms. The van der Waals surface area contributed by atoms with Crippen molar-refractivity contribution in [1.82, 2.24) is 0 Å². The number of ketones is 1. The van der Waals surface area contributed by atoms with Gasteiger partial charge in [-0.1, -0.05) is 12.1 Å². The number of ether oxygens (including phenoxy) is 1. The van der Waals surface area contributed by atoms with Gasteiger partial charge in [0.15, 0.2) is 12.4 Å². The van der Waals surface area contributed by atoms with E-state index in [2.05, 4.69) is 0 Å². The summed E-state index contributed by atoms with van der Waals surface area (Å²) in [5, 5.41) is 0. The molecule has 0 spiro atoms. The van der Waals surface area contributed by atoms with Crippen LogP contribution in [0.4, 0.5) is 0 Å². The number of thiophene rings is 1. The highest BCUT2D eigenvalue weighted by Crippen LogP contribution is 2.31. The first-order valence-electron chi connectivity index (χ1n) is 8.14. The van der Waals surface area contributed by atoms with Crippen LogP contribution in [0.15, 0.2) is 24.3 Å². The highest BCUT2D eigenvalue weighted by molar-refractivity contribution is 7.14.